The number of aliphatic hydroxyl groups is 3. The summed E-state index contributed by atoms with van der Waals surface area (Å²) in [5, 5.41) is 39.6. The fraction of sp³-hybridized carbons (Fsp3) is 0.538. The molecule has 4 atom stereocenters. The van der Waals surface area contributed by atoms with Crippen molar-refractivity contribution >= 4 is 23.1 Å². The monoisotopic (exact) mass is 377 g/mol. The number of carboxylic acids is 1. The molecule has 0 saturated carbocycles. The Balaban J connectivity index is 0.00000243. The minimum atomic E-state index is -1.38. The number of imidazole rings is 1. The van der Waals surface area contributed by atoms with Crippen molar-refractivity contribution in [3.8, 4) is 0 Å². The van der Waals surface area contributed by atoms with Gasteiger partial charge in [0, 0.05) is 18.9 Å². The maximum atomic E-state index is 12.4. The predicted molar refractivity (Wildman–Crippen MR) is 78.8 cm³/mol. The first-order valence-corrected chi connectivity index (χ1v) is 7.40. The summed E-state index contributed by atoms with van der Waals surface area (Å²) >= 11 is 0. The van der Waals surface area contributed by atoms with E-state index < -0.39 is 49.1 Å². The van der Waals surface area contributed by atoms with Crippen LogP contribution in [0.4, 0.5) is 5.95 Å². The number of hydrogen-bond donors (Lipinski definition) is 4. The zero-order chi connectivity index (χ0) is 18.3. The molecule has 136 valence electrons. The molecule has 26 heavy (non-hydrogen) atoms. The molecule has 3 heterocycles. The van der Waals surface area contributed by atoms with E-state index in [2.05, 4.69) is 9.97 Å². The van der Waals surface area contributed by atoms with Crippen molar-refractivity contribution in [1.29, 1.82) is 0 Å². The normalized spacial score (nSPS) is 25.3. The first kappa shape index (κ1) is 20.8. The van der Waals surface area contributed by atoms with Crippen LogP contribution < -0.4 is 46.0 Å². The molecule has 1 fully saturated rings. The molecule has 0 unspecified atom stereocenters. The minimum absolute atomic E-state index is 0. The minimum Gasteiger partial charge on any atom is -0.550 e. The Kier molecular flexibility index (Phi) is 6.39. The molecule has 1 aliphatic heterocycles. The number of rotatable bonds is 5. The average molecular weight is 377 g/mol. The first-order valence-electron chi connectivity index (χ1n) is 7.40. The Hall–Kier alpha value is -1.54. The number of hydrogen-bond acceptors (Lipinski definition) is 10. The van der Waals surface area contributed by atoms with Crippen molar-refractivity contribution in [1.82, 2.24) is 19.1 Å². The van der Waals surface area contributed by atoms with E-state index >= 15 is 0 Å². The van der Waals surface area contributed by atoms with Gasteiger partial charge in [0.15, 0.2) is 17.4 Å². The third kappa shape index (κ3) is 3.49. The number of aliphatic carboxylic acids is 1. The molecule has 0 bridgehead atoms. The SMILES string of the molecule is Nc1nc2c(ncn2[C@@H]2O[C@H](CO)[C@@H](O)[C@H]2O)c(=O)n1CCC(=O)[O-].[Na+]. The molecule has 2 aromatic rings. The predicted octanol–water partition coefficient (Wildman–Crippen LogP) is -7.07. The third-order valence-corrected chi connectivity index (χ3v) is 4.04. The number of nitrogens with zero attached hydrogens (tertiary/aromatic N) is 4. The molecule has 3 rings (SSSR count). The molecule has 0 spiro atoms. The van der Waals surface area contributed by atoms with Gasteiger partial charge in [-0.2, -0.15) is 4.98 Å². The van der Waals surface area contributed by atoms with Crippen molar-refractivity contribution in [2.24, 2.45) is 0 Å². The largest absolute Gasteiger partial charge is 1.00 e. The first-order chi connectivity index (χ1) is 11.8. The van der Waals surface area contributed by atoms with Crippen LogP contribution in [0.2, 0.25) is 0 Å². The number of carboxylic acid groups (broad SMARTS) is 1. The summed E-state index contributed by atoms with van der Waals surface area (Å²) in [5.41, 5.74) is 4.96. The number of carbonyl (C=O) groups excluding carboxylic acids is 1. The summed E-state index contributed by atoms with van der Waals surface area (Å²) < 4.78 is 7.55. The van der Waals surface area contributed by atoms with Crippen LogP contribution in [-0.2, 0) is 16.1 Å². The van der Waals surface area contributed by atoms with Crippen LogP contribution in [-0.4, -0.2) is 65.3 Å². The van der Waals surface area contributed by atoms with Crippen LogP contribution in [0.25, 0.3) is 11.2 Å². The van der Waals surface area contributed by atoms with Gasteiger partial charge in [0.25, 0.3) is 5.56 Å². The van der Waals surface area contributed by atoms with Gasteiger partial charge >= 0.3 is 29.6 Å². The Bertz CT molecular complexity index is 868. The van der Waals surface area contributed by atoms with Crippen LogP contribution in [0.15, 0.2) is 11.1 Å². The summed E-state index contributed by atoms with van der Waals surface area (Å²) in [5.74, 6) is -1.59. The Morgan fingerprint density at radius 3 is 2.65 bits per heavy atom. The summed E-state index contributed by atoms with van der Waals surface area (Å²) in [7, 11) is 0. The van der Waals surface area contributed by atoms with Crippen molar-refractivity contribution < 1.29 is 59.5 Å². The average Bonchev–Trinajstić information content (AvgIpc) is 3.09. The fourth-order valence-corrected chi connectivity index (χ4v) is 2.73. The van der Waals surface area contributed by atoms with Gasteiger partial charge in [0.2, 0.25) is 5.95 Å². The maximum Gasteiger partial charge on any atom is 1.00 e. The summed E-state index contributed by atoms with van der Waals surface area (Å²) in [6.45, 7) is -0.733. The fourth-order valence-electron chi connectivity index (χ4n) is 2.73. The van der Waals surface area contributed by atoms with Gasteiger partial charge in [0.1, 0.15) is 18.3 Å². The van der Waals surface area contributed by atoms with E-state index in [-0.39, 0.29) is 53.2 Å². The van der Waals surface area contributed by atoms with E-state index in [0.29, 0.717) is 0 Å². The van der Waals surface area contributed by atoms with Crippen molar-refractivity contribution in [3.05, 3.63) is 16.7 Å². The Morgan fingerprint density at radius 1 is 1.38 bits per heavy atom. The van der Waals surface area contributed by atoms with E-state index in [1.807, 2.05) is 0 Å². The van der Waals surface area contributed by atoms with Gasteiger partial charge in [-0.1, -0.05) is 0 Å². The number of carbonyl (C=O) groups is 1. The summed E-state index contributed by atoms with van der Waals surface area (Å²) in [6, 6.07) is 0. The van der Waals surface area contributed by atoms with Gasteiger partial charge in [0.05, 0.1) is 12.9 Å². The number of fused-ring (bicyclic) bond motifs is 1. The van der Waals surface area contributed by atoms with Gasteiger partial charge in [-0.05, 0) is 0 Å². The van der Waals surface area contributed by atoms with Crippen LogP contribution in [0.5, 0.6) is 0 Å². The van der Waals surface area contributed by atoms with Crippen LogP contribution in [0.1, 0.15) is 12.6 Å². The molecule has 12 nitrogen and oxygen atoms in total. The smallest absolute Gasteiger partial charge is 0.550 e. The molecule has 0 radical (unpaired) electrons. The summed E-state index contributed by atoms with van der Waals surface area (Å²) in [4.78, 5) is 30.9. The topological polar surface area (TPSA) is 189 Å². The molecule has 0 aromatic carbocycles. The van der Waals surface area contributed by atoms with Gasteiger partial charge < -0.3 is 35.7 Å². The molecule has 0 amide bonds. The van der Waals surface area contributed by atoms with E-state index in [1.165, 1.54) is 10.9 Å². The zero-order valence-corrected chi connectivity index (χ0v) is 15.8. The second-order valence-corrected chi connectivity index (χ2v) is 5.60. The molecule has 0 aliphatic carbocycles. The van der Waals surface area contributed by atoms with Crippen molar-refractivity contribution in [2.75, 3.05) is 12.3 Å². The Morgan fingerprint density at radius 2 is 2.08 bits per heavy atom. The van der Waals surface area contributed by atoms with E-state index in [0.717, 1.165) is 4.57 Å². The van der Waals surface area contributed by atoms with Gasteiger partial charge in [-0.25, -0.2) is 4.98 Å². The van der Waals surface area contributed by atoms with Crippen molar-refractivity contribution in [2.45, 2.75) is 37.5 Å². The quantitative estimate of drug-likeness (QED) is 0.364. The molecular formula is C13H16N5NaO7. The van der Waals surface area contributed by atoms with Crippen LogP contribution in [0, 0.1) is 0 Å². The zero-order valence-electron chi connectivity index (χ0n) is 13.8. The second-order valence-electron chi connectivity index (χ2n) is 5.60. The number of ether oxygens (including phenoxy) is 1. The molecule has 5 N–H and O–H groups in total. The number of nitrogen functional groups attached to an aromatic ring is 1. The molecule has 13 heteroatoms. The molecule has 2 aromatic heterocycles. The summed E-state index contributed by atoms with van der Waals surface area (Å²) in [6.07, 6.45) is -4.07. The van der Waals surface area contributed by atoms with Crippen LogP contribution in [0.3, 0.4) is 0 Å². The van der Waals surface area contributed by atoms with E-state index in [1.54, 1.807) is 0 Å². The third-order valence-electron chi connectivity index (χ3n) is 4.04. The maximum absolute atomic E-state index is 12.4. The van der Waals surface area contributed by atoms with Gasteiger partial charge in [-0.15, -0.1) is 0 Å². The van der Waals surface area contributed by atoms with E-state index in [9.17, 15) is 24.9 Å². The van der Waals surface area contributed by atoms with Crippen LogP contribution >= 0.6 is 0 Å². The number of aliphatic hydroxyl groups excluding tert-OH is 3. The molecule has 1 saturated heterocycles. The molecular weight excluding hydrogens is 361 g/mol. The molecule has 1 aliphatic rings. The van der Waals surface area contributed by atoms with Gasteiger partial charge in [-0.3, -0.25) is 13.9 Å². The Labute approximate surface area is 168 Å². The second kappa shape index (κ2) is 8.00. The van der Waals surface area contributed by atoms with E-state index in [4.69, 9.17) is 15.6 Å². The number of anilines is 1. The number of nitrogens with two attached hydrogens (primary N) is 1. The standard InChI is InChI=1S/C13H17N5O7.Na/c14-13-16-10-7(11(24)17(13)2-1-6(20)21)15-4-18(10)12-9(23)8(22)5(3-19)25-12;/h4-5,8-9,12,19,22-23H,1-3H2,(H2,14,16)(H,20,21);/q;+1/p-1/t5-,8-,9-,12-;/m1./s1. The van der Waals surface area contributed by atoms with Crippen molar-refractivity contribution in [3.63, 3.8) is 0 Å². The number of aromatic nitrogens is 4.